The zero-order valence-electron chi connectivity index (χ0n) is 9.56. The van der Waals surface area contributed by atoms with Crippen LogP contribution in [-0.4, -0.2) is 13.1 Å². The normalized spacial score (nSPS) is 14.8. The van der Waals surface area contributed by atoms with Crippen molar-refractivity contribution in [3.63, 3.8) is 0 Å². The zero-order chi connectivity index (χ0) is 10.4. The standard InChI is InChI=1S/C11H15N.C2H6/c1-9-2-3-10-4-6-12-7-5-11(10)8-9;1-2/h2-3,8,12H,4-7H2,1H3;1-2H3. The average Bonchev–Trinajstić information content (AvgIpc) is 2.45. The molecule has 0 saturated carbocycles. The minimum atomic E-state index is 1.13. The van der Waals surface area contributed by atoms with E-state index in [1.54, 1.807) is 5.56 Å². The molecule has 1 heteroatoms. The maximum Gasteiger partial charge on any atom is -0.000812 e. The summed E-state index contributed by atoms with van der Waals surface area (Å²) >= 11 is 0. The van der Waals surface area contributed by atoms with Crippen molar-refractivity contribution in [1.82, 2.24) is 5.32 Å². The van der Waals surface area contributed by atoms with Gasteiger partial charge in [-0.1, -0.05) is 37.6 Å². The van der Waals surface area contributed by atoms with Gasteiger partial charge < -0.3 is 5.32 Å². The van der Waals surface area contributed by atoms with E-state index in [9.17, 15) is 0 Å². The third-order valence-corrected chi connectivity index (χ3v) is 2.50. The summed E-state index contributed by atoms with van der Waals surface area (Å²) in [6.07, 6.45) is 2.38. The summed E-state index contributed by atoms with van der Waals surface area (Å²) in [5, 5.41) is 3.41. The highest BCUT2D eigenvalue weighted by Crippen LogP contribution is 2.14. The maximum absolute atomic E-state index is 3.41. The van der Waals surface area contributed by atoms with Gasteiger partial charge in [0.2, 0.25) is 0 Å². The summed E-state index contributed by atoms with van der Waals surface area (Å²) in [7, 11) is 0. The lowest BCUT2D eigenvalue weighted by molar-refractivity contribution is 0.711. The molecule has 78 valence electrons. The second kappa shape index (κ2) is 5.82. The first-order chi connectivity index (χ1) is 6.86. The van der Waals surface area contributed by atoms with Crippen molar-refractivity contribution in [2.24, 2.45) is 0 Å². The molecule has 0 aliphatic carbocycles. The molecular weight excluding hydrogens is 170 g/mol. The van der Waals surface area contributed by atoms with Crippen molar-refractivity contribution < 1.29 is 0 Å². The van der Waals surface area contributed by atoms with Gasteiger partial charge in [0.05, 0.1) is 0 Å². The molecule has 1 aliphatic heterocycles. The highest BCUT2D eigenvalue weighted by Gasteiger charge is 2.05. The number of rotatable bonds is 0. The van der Waals surface area contributed by atoms with Crippen LogP contribution in [-0.2, 0) is 12.8 Å². The molecule has 0 atom stereocenters. The smallest absolute Gasteiger partial charge is 0.000812 e. The topological polar surface area (TPSA) is 12.0 Å². The predicted molar refractivity (Wildman–Crippen MR) is 62.8 cm³/mol. The lowest BCUT2D eigenvalue weighted by Gasteiger charge is -2.04. The summed E-state index contributed by atoms with van der Waals surface area (Å²) in [6, 6.07) is 6.81. The summed E-state index contributed by atoms with van der Waals surface area (Å²) in [4.78, 5) is 0. The third-order valence-electron chi connectivity index (χ3n) is 2.50. The molecule has 2 rings (SSSR count). The summed E-state index contributed by atoms with van der Waals surface area (Å²) in [6.45, 7) is 8.44. The predicted octanol–water partition coefficient (Wildman–Crippen LogP) is 2.71. The van der Waals surface area contributed by atoms with Crippen LogP contribution in [0.25, 0.3) is 0 Å². The lowest BCUT2D eigenvalue weighted by atomic mass is 10.0. The second-order valence-corrected chi connectivity index (χ2v) is 3.52. The van der Waals surface area contributed by atoms with Gasteiger partial charge in [0, 0.05) is 0 Å². The van der Waals surface area contributed by atoms with Gasteiger partial charge in [-0.15, -0.1) is 0 Å². The summed E-state index contributed by atoms with van der Waals surface area (Å²) in [5.74, 6) is 0. The van der Waals surface area contributed by atoms with Gasteiger partial charge >= 0.3 is 0 Å². The maximum atomic E-state index is 3.41. The van der Waals surface area contributed by atoms with E-state index in [4.69, 9.17) is 0 Å². The Balaban J connectivity index is 0.000000461. The summed E-state index contributed by atoms with van der Waals surface area (Å²) < 4.78 is 0. The Bertz CT molecular complexity index is 279. The Morgan fingerprint density at radius 1 is 1.00 bits per heavy atom. The molecule has 0 fully saturated rings. The van der Waals surface area contributed by atoms with Gasteiger partial charge in [-0.25, -0.2) is 0 Å². The monoisotopic (exact) mass is 191 g/mol. The fourth-order valence-electron chi connectivity index (χ4n) is 1.80. The van der Waals surface area contributed by atoms with E-state index in [1.165, 1.54) is 24.0 Å². The fraction of sp³-hybridized carbons (Fsp3) is 0.538. The molecule has 1 aromatic carbocycles. The van der Waals surface area contributed by atoms with E-state index < -0.39 is 0 Å². The Kier molecular flexibility index (Phi) is 4.68. The van der Waals surface area contributed by atoms with Crippen LogP contribution in [0.1, 0.15) is 30.5 Å². The lowest BCUT2D eigenvalue weighted by Crippen LogP contribution is -2.16. The number of hydrogen-bond donors (Lipinski definition) is 1. The molecule has 0 bridgehead atoms. The molecule has 0 amide bonds. The largest absolute Gasteiger partial charge is 0.316 e. The van der Waals surface area contributed by atoms with Gasteiger partial charge in [0.1, 0.15) is 0 Å². The molecule has 0 spiro atoms. The molecule has 1 aromatic rings. The van der Waals surface area contributed by atoms with Crippen molar-refractivity contribution >= 4 is 0 Å². The van der Waals surface area contributed by atoms with E-state index in [0.29, 0.717) is 0 Å². The van der Waals surface area contributed by atoms with Crippen LogP contribution in [0.2, 0.25) is 0 Å². The number of fused-ring (bicyclic) bond motifs is 1. The van der Waals surface area contributed by atoms with Crippen LogP contribution in [0.3, 0.4) is 0 Å². The molecule has 0 saturated heterocycles. The Morgan fingerprint density at radius 3 is 2.36 bits per heavy atom. The molecule has 1 aliphatic rings. The van der Waals surface area contributed by atoms with Crippen molar-refractivity contribution in [1.29, 1.82) is 0 Å². The van der Waals surface area contributed by atoms with Gasteiger partial charge in [0.15, 0.2) is 0 Å². The minimum absolute atomic E-state index is 1.13. The first-order valence-corrected chi connectivity index (χ1v) is 5.65. The highest BCUT2D eigenvalue weighted by molar-refractivity contribution is 5.32. The van der Waals surface area contributed by atoms with E-state index >= 15 is 0 Å². The first kappa shape index (κ1) is 11.3. The number of aryl methyl sites for hydroxylation is 1. The molecule has 0 radical (unpaired) electrons. The SMILES string of the molecule is CC.Cc1ccc2c(c1)CCNCC2. The van der Waals surface area contributed by atoms with Gasteiger partial charge in [-0.05, 0) is 44.0 Å². The Morgan fingerprint density at radius 2 is 1.64 bits per heavy atom. The highest BCUT2D eigenvalue weighted by atomic mass is 14.8. The molecule has 0 unspecified atom stereocenters. The third kappa shape index (κ3) is 2.85. The van der Waals surface area contributed by atoms with Gasteiger partial charge in [0.25, 0.3) is 0 Å². The van der Waals surface area contributed by atoms with Crippen LogP contribution < -0.4 is 5.32 Å². The first-order valence-electron chi connectivity index (χ1n) is 5.65. The Labute approximate surface area is 87.5 Å². The number of nitrogens with one attached hydrogen (secondary N) is 1. The zero-order valence-corrected chi connectivity index (χ0v) is 9.56. The van der Waals surface area contributed by atoms with E-state index in [1.807, 2.05) is 13.8 Å². The second-order valence-electron chi connectivity index (χ2n) is 3.52. The van der Waals surface area contributed by atoms with Crippen LogP contribution in [0.15, 0.2) is 18.2 Å². The van der Waals surface area contributed by atoms with Crippen molar-refractivity contribution in [2.75, 3.05) is 13.1 Å². The quantitative estimate of drug-likeness (QED) is 0.665. The van der Waals surface area contributed by atoms with Gasteiger partial charge in [-0.3, -0.25) is 0 Å². The van der Waals surface area contributed by atoms with E-state index in [2.05, 4.69) is 30.4 Å². The molecule has 1 nitrogen and oxygen atoms in total. The number of benzene rings is 1. The van der Waals surface area contributed by atoms with Crippen molar-refractivity contribution in [3.05, 3.63) is 34.9 Å². The molecule has 0 aromatic heterocycles. The van der Waals surface area contributed by atoms with Crippen molar-refractivity contribution in [3.8, 4) is 0 Å². The average molecular weight is 191 g/mol. The van der Waals surface area contributed by atoms with E-state index in [-0.39, 0.29) is 0 Å². The summed E-state index contributed by atoms with van der Waals surface area (Å²) in [5.41, 5.74) is 4.46. The van der Waals surface area contributed by atoms with Crippen LogP contribution >= 0.6 is 0 Å². The van der Waals surface area contributed by atoms with E-state index in [0.717, 1.165) is 13.1 Å². The van der Waals surface area contributed by atoms with Crippen LogP contribution in [0.4, 0.5) is 0 Å². The van der Waals surface area contributed by atoms with Crippen molar-refractivity contribution in [2.45, 2.75) is 33.6 Å². The minimum Gasteiger partial charge on any atom is -0.316 e. The molecule has 1 N–H and O–H groups in total. The molecule has 14 heavy (non-hydrogen) atoms. The van der Waals surface area contributed by atoms with Crippen LogP contribution in [0, 0.1) is 6.92 Å². The molecular formula is C13H21N. The van der Waals surface area contributed by atoms with Gasteiger partial charge in [-0.2, -0.15) is 0 Å². The molecule has 1 heterocycles. The fourth-order valence-corrected chi connectivity index (χ4v) is 1.80. The number of hydrogen-bond acceptors (Lipinski definition) is 1. The van der Waals surface area contributed by atoms with Crippen LogP contribution in [0.5, 0.6) is 0 Å². The Hall–Kier alpha value is -0.820.